The van der Waals surface area contributed by atoms with Crippen LogP contribution in [0.15, 0.2) is 36.5 Å². The minimum atomic E-state index is -0.767. The molecule has 0 bridgehead atoms. The monoisotopic (exact) mass is 773 g/mol. The standard InChI is InChI=1S/C49H88O6/c1-4-7-10-13-15-17-19-21-23-24-26-27-29-31-33-36-39-42-48(51)54-45-46(44-53-47(50)41-38-35-12-9-6-3)55-49(52)43-40-37-34-32-30-28-25-22-20-18-16-14-11-8-5-2/h7,10,15,17,21,23,46H,4-6,8-9,11-14,16,18-20,22,24-45H2,1-3H3/b10-7-,17-15-,23-21-. The van der Waals surface area contributed by atoms with Gasteiger partial charge in [0.1, 0.15) is 13.2 Å². The summed E-state index contributed by atoms with van der Waals surface area (Å²) in [5, 5.41) is 0. The number of ether oxygens (including phenoxy) is 3. The van der Waals surface area contributed by atoms with Crippen LogP contribution in [0.3, 0.4) is 0 Å². The van der Waals surface area contributed by atoms with Gasteiger partial charge >= 0.3 is 17.9 Å². The van der Waals surface area contributed by atoms with Gasteiger partial charge in [-0.05, 0) is 51.4 Å². The van der Waals surface area contributed by atoms with E-state index in [1.54, 1.807) is 0 Å². The molecule has 0 aliphatic heterocycles. The minimum Gasteiger partial charge on any atom is -0.462 e. The van der Waals surface area contributed by atoms with Crippen molar-refractivity contribution in [2.75, 3.05) is 13.2 Å². The molecule has 0 saturated heterocycles. The molecule has 0 aromatic carbocycles. The summed E-state index contributed by atoms with van der Waals surface area (Å²) in [6.07, 6.45) is 50.1. The fourth-order valence-electron chi connectivity index (χ4n) is 6.63. The number of allylic oxidation sites excluding steroid dienone is 6. The zero-order chi connectivity index (χ0) is 40.1. The third-order valence-corrected chi connectivity index (χ3v) is 10.2. The topological polar surface area (TPSA) is 78.9 Å². The molecule has 0 saturated carbocycles. The Bertz CT molecular complexity index is 938. The second-order valence-electron chi connectivity index (χ2n) is 15.6. The van der Waals surface area contributed by atoms with Crippen LogP contribution in [0.25, 0.3) is 0 Å². The average molecular weight is 773 g/mol. The number of rotatable bonds is 42. The molecule has 0 aliphatic rings. The Morgan fingerprint density at radius 1 is 0.382 bits per heavy atom. The number of hydrogen-bond acceptors (Lipinski definition) is 6. The molecular formula is C49H88O6. The molecule has 320 valence electrons. The molecule has 0 spiro atoms. The van der Waals surface area contributed by atoms with Gasteiger partial charge in [-0.2, -0.15) is 0 Å². The molecule has 0 aromatic rings. The molecule has 0 N–H and O–H groups in total. The Balaban J connectivity index is 4.20. The van der Waals surface area contributed by atoms with Gasteiger partial charge in [0.2, 0.25) is 0 Å². The van der Waals surface area contributed by atoms with Gasteiger partial charge in [0.15, 0.2) is 6.10 Å². The Morgan fingerprint density at radius 2 is 0.709 bits per heavy atom. The van der Waals surface area contributed by atoms with E-state index < -0.39 is 6.10 Å². The highest BCUT2D eigenvalue weighted by Gasteiger charge is 2.19. The lowest BCUT2D eigenvalue weighted by molar-refractivity contribution is -0.167. The lowest BCUT2D eigenvalue weighted by atomic mass is 10.0. The summed E-state index contributed by atoms with van der Waals surface area (Å²) in [6.45, 7) is 6.44. The summed E-state index contributed by atoms with van der Waals surface area (Å²) < 4.78 is 16.6. The van der Waals surface area contributed by atoms with Crippen LogP contribution in [-0.4, -0.2) is 37.2 Å². The number of esters is 3. The van der Waals surface area contributed by atoms with Crippen molar-refractivity contribution in [3.8, 4) is 0 Å². The van der Waals surface area contributed by atoms with Gasteiger partial charge in [0, 0.05) is 19.3 Å². The van der Waals surface area contributed by atoms with Crippen molar-refractivity contribution in [2.24, 2.45) is 0 Å². The Morgan fingerprint density at radius 3 is 1.11 bits per heavy atom. The second-order valence-corrected chi connectivity index (χ2v) is 15.6. The van der Waals surface area contributed by atoms with E-state index >= 15 is 0 Å². The number of hydrogen-bond donors (Lipinski definition) is 0. The third kappa shape index (κ3) is 42.6. The van der Waals surface area contributed by atoms with Gasteiger partial charge < -0.3 is 14.2 Å². The Kier molecular flexibility index (Phi) is 42.4. The lowest BCUT2D eigenvalue weighted by Crippen LogP contribution is -2.30. The predicted octanol–water partition coefficient (Wildman–Crippen LogP) is 15.0. The summed E-state index contributed by atoms with van der Waals surface area (Å²) in [5.41, 5.74) is 0. The molecule has 0 radical (unpaired) electrons. The number of carbonyl (C=O) groups excluding carboxylic acids is 3. The van der Waals surface area contributed by atoms with Crippen LogP contribution >= 0.6 is 0 Å². The van der Waals surface area contributed by atoms with Gasteiger partial charge in [0.25, 0.3) is 0 Å². The van der Waals surface area contributed by atoms with E-state index in [0.29, 0.717) is 19.3 Å². The summed E-state index contributed by atoms with van der Waals surface area (Å²) in [4.78, 5) is 37.5. The average Bonchev–Trinajstić information content (AvgIpc) is 3.18. The summed E-state index contributed by atoms with van der Waals surface area (Å²) in [7, 11) is 0. The molecule has 0 fully saturated rings. The Hall–Kier alpha value is -2.37. The van der Waals surface area contributed by atoms with Crippen LogP contribution in [-0.2, 0) is 28.6 Å². The van der Waals surface area contributed by atoms with Gasteiger partial charge in [-0.3, -0.25) is 14.4 Å². The van der Waals surface area contributed by atoms with Crippen molar-refractivity contribution in [3.05, 3.63) is 36.5 Å². The maximum Gasteiger partial charge on any atom is 0.306 e. The van der Waals surface area contributed by atoms with E-state index in [1.165, 1.54) is 109 Å². The molecule has 55 heavy (non-hydrogen) atoms. The normalized spacial score (nSPS) is 12.3. The first kappa shape index (κ1) is 52.6. The van der Waals surface area contributed by atoms with Crippen LogP contribution in [0.2, 0.25) is 0 Å². The molecular weight excluding hydrogens is 685 g/mol. The van der Waals surface area contributed by atoms with Crippen molar-refractivity contribution in [1.82, 2.24) is 0 Å². The summed E-state index contributed by atoms with van der Waals surface area (Å²) in [5.74, 6) is -0.892. The fraction of sp³-hybridized carbons (Fsp3) is 0.816. The third-order valence-electron chi connectivity index (χ3n) is 10.2. The number of unbranched alkanes of at least 4 members (excludes halogenated alkanes) is 25. The van der Waals surface area contributed by atoms with Crippen LogP contribution in [0.5, 0.6) is 0 Å². The van der Waals surface area contributed by atoms with Crippen molar-refractivity contribution in [3.63, 3.8) is 0 Å². The van der Waals surface area contributed by atoms with E-state index in [0.717, 1.165) is 89.9 Å². The van der Waals surface area contributed by atoms with Crippen LogP contribution in [0, 0.1) is 0 Å². The molecule has 0 amide bonds. The van der Waals surface area contributed by atoms with Gasteiger partial charge in [-0.1, -0.05) is 205 Å². The maximum absolute atomic E-state index is 12.7. The SMILES string of the molecule is CC/C=C\C/C=C\C/C=C\CCCCCCCCCC(=O)OCC(COC(=O)CCCCCCC)OC(=O)CCCCCCCCCCCCCCCCC. The first-order valence-electron chi connectivity index (χ1n) is 23.5. The smallest absolute Gasteiger partial charge is 0.306 e. The zero-order valence-corrected chi connectivity index (χ0v) is 36.4. The van der Waals surface area contributed by atoms with Crippen molar-refractivity contribution >= 4 is 17.9 Å². The van der Waals surface area contributed by atoms with Crippen molar-refractivity contribution in [2.45, 2.75) is 245 Å². The van der Waals surface area contributed by atoms with Gasteiger partial charge in [-0.15, -0.1) is 0 Å². The zero-order valence-electron chi connectivity index (χ0n) is 36.4. The fourth-order valence-corrected chi connectivity index (χ4v) is 6.63. The van der Waals surface area contributed by atoms with Crippen LogP contribution in [0.1, 0.15) is 239 Å². The van der Waals surface area contributed by atoms with E-state index in [9.17, 15) is 14.4 Å². The Labute approximate surface area is 340 Å². The van der Waals surface area contributed by atoms with E-state index in [2.05, 4.69) is 57.2 Å². The highest BCUT2D eigenvalue weighted by Crippen LogP contribution is 2.15. The highest BCUT2D eigenvalue weighted by atomic mass is 16.6. The molecule has 1 atom stereocenters. The number of carbonyl (C=O) groups is 3. The molecule has 0 aliphatic carbocycles. The molecule has 6 heteroatoms. The molecule has 1 unspecified atom stereocenters. The first-order valence-corrected chi connectivity index (χ1v) is 23.5. The highest BCUT2D eigenvalue weighted by molar-refractivity contribution is 5.71. The maximum atomic E-state index is 12.7. The molecule has 0 heterocycles. The van der Waals surface area contributed by atoms with Crippen molar-refractivity contribution < 1.29 is 28.6 Å². The molecule has 0 rings (SSSR count). The molecule has 0 aromatic heterocycles. The van der Waals surface area contributed by atoms with Crippen molar-refractivity contribution in [1.29, 1.82) is 0 Å². The minimum absolute atomic E-state index is 0.0740. The quantitative estimate of drug-likeness (QED) is 0.0266. The summed E-state index contributed by atoms with van der Waals surface area (Å²) in [6, 6.07) is 0. The van der Waals surface area contributed by atoms with E-state index in [1.807, 2.05) is 0 Å². The van der Waals surface area contributed by atoms with Gasteiger partial charge in [-0.25, -0.2) is 0 Å². The van der Waals surface area contributed by atoms with E-state index in [4.69, 9.17) is 14.2 Å². The van der Waals surface area contributed by atoms with E-state index in [-0.39, 0.29) is 31.1 Å². The van der Waals surface area contributed by atoms with Crippen LogP contribution in [0.4, 0.5) is 0 Å². The largest absolute Gasteiger partial charge is 0.462 e. The summed E-state index contributed by atoms with van der Waals surface area (Å²) >= 11 is 0. The first-order chi connectivity index (χ1) is 27.0. The second kappa shape index (κ2) is 44.3. The van der Waals surface area contributed by atoms with Gasteiger partial charge in [0.05, 0.1) is 0 Å². The van der Waals surface area contributed by atoms with Crippen LogP contribution < -0.4 is 0 Å². The molecule has 6 nitrogen and oxygen atoms in total. The lowest BCUT2D eigenvalue weighted by Gasteiger charge is -2.18. The predicted molar refractivity (Wildman–Crippen MR) is 233 cm³/mol.